The average molecular weight is 374 g/mol. The number of nitrogens with one attached hydrogen (secondary N) is 1. The molecule has 146 valence electrons. The predicted molar refractivity (Wildman–Crippen MR) is 104 cm³/mol. The van der Waals surface area contributed by atoms with E-state index in [2.05, 4.69) is 10.4 Å². The monoisotopic (exact) mass is 374 g/mol. The molecule has 1 aliphatic rings. The first kappa shape index (κ1) is 19.4. The Morgan fingerprint density at radius 2 is 1.96 bits per heavy atom. The molecule has 0 spiro atoms. The van der Waals surface area contributed by atoms with Gasteiger partial charge in [0.05, 0.1) is 30.0 Å². The molecule has 7 heteroatoms. The standard InChI is InChI=1S/C20H27FN4O2/c1-12-10-25(11-13(2)27-12)19-7-6-16(8-18(19)21)22-20(26)9-17-14(3)23-24(5)15(17)4/h6-8,12-13H,9-11H2,1-5H3,(H,22,26)/t12-,13+. The van der Waals surface area contributed by atoms with Crippen LogP contribution in [0.4, 0.5) is 15.8 Å². The van der Waals surface area contributed by atoms with Crippen LogP contribution in [0.25, 0.3) is 0 Å². The number of rotatable bonds is 4. The van der Waals surface area contributed by atoms with Gasteiger partial charge in [-0.25, -0.2) is 4.39 Å². The topological polar surface area (TPSA) is 59.4 Å². The predicted octanol–water partition coefficient (Wildman–Crippen LogP) is 2.97. The SMILES string of the molecule is Cc1nn(C)c(C)c1CC(=O)Nc1ccc(N2C[C@@H](C)O[C@@H](C)C2)c(F)c1. The van der Waals surface area contributed by atoms with Gasteiger partial charge in [-0.3, -0.25) is 9.48 Å². The molecule has 0 saturated carbocycles. The first-order chi connectivity index (χ1) is 12.7. The van der Waals surface area contributed by atoms with E-state index in [1.54, 1.807) is 16.8 Å². The molecule has 6 nitrogen and oxygen atoms in total. The molecule has 2 aromatic rings. The van der Waals surface area contributed by atoms with E-state index in [9.17, 15) is 9.18 Å². The second-order valence-electron chi connectivity index (χ2n) is 7.33. The normalized spacial score (nSPS) is 20.0. The number of halogens is 1. The first-order valence-corrected chi connectivity index (χ1v) is 9.23. The largest absolute Gasteiger partial charge is 0.372 e. The number of amides is 1. The Morgan fingerprint density at radius 1 is 1.30 bits per heavy atom. The zero-order valence-corrected chi connectivity index (χ0v) is 16.5. The molecule has 1 aromatic carbocycles. The van der Waals surface area contributed by atoms with Crippen LogP contribution in [-0.4, -0.2) is 41.0 Å². The minimum atomic E-state index is -0.345. The van der Waals surface area contributed by atoms with E-state index in [0.717, 1.165) is 17.0 Å². The molecule has 0 bridgehead atoms. The highest BCUT2D eigenvalue weighted by molar-refractivity contribution is 5.92. The van der Waals surface area contributed by atoms with Crippen molar-refractivity contribution in [1.82, 2.24) is 9.78 Å². The van der Waals surface area contributed by atoms with Crippen LogP contribution in [0.5, 0.6) is 0 Å². The Hall–Kier alpha value is -2.41. The number of ether oxygens (including phenoxy) is 1. The van der Waals surface area contributed by atoms with Crippen molar-refractivity contribution in [2.45, 2.75) is 46.3 Å². The highest BCUT2D eigenvalue weighted by atomic mass is 19.1. The molecule has 1 fully saturated rings. The third kappa shape index (κ3) is 4.30. The smallest absolute Gasteiger partial charge is 0.228 e. The van der Waals surface area contributed by atoms with Crippen molar-refractivity contribution in [2.24, 2.45) is 7.05 Å². The van der Waals surface area contributed by atoms with Gasteiger partial charge in [-0.15, -0.1) is 0 Å². The lowest BCUT2D eigenvalue weighted by Gasteiger charge is -2.37. The van der Waals surface area contributed by atoms with E-state index in [0.29, 0.717) is 24.5 Å². The average Bonchev–Trinajstić information content (AvgIpc) is 2.80. The number of carbonyl (C=O) groups excluding carboxylic acids is 1. The summed E-state index contributed by atoms with van der Waals surface area (Å²) >= 11 is 0. The number of hydrogen-bond acceptors (Lipinski definition) is 4. The van der Waals surface area contributed by atoms with Crippen molar-refractivity contribution in [3.8, 4) is 0 Å². The summed E-state index contributed by atoms with van der Waals surface area (Å²) < 4.78 is 22.1. The van der Waals surface area contributed by atoms with Crippen LogP contribution >= 0.6 is 0 Å². The Labute approximate surface area is 159 Å². The van der Waals surface area contributed by atoms with Gasteiger partial charge in [0, 0.05) is 37.1 Å². The molecule has 1 saturated heterocycles. The van der Waals surface area contributed by atoms with Gasteiger partial charge in [-0.1, -0.05) is 0 Å². The van der Waals surface area contributed by atoms with E-state index in [-0.39, 0.29) is 30.4 Å². The lowest BCUT2D eigenvalue weighted by molar-refractivity contribution is -0.115. The summed E-state index contributed by atoms with van der Waals surface area (Å²) in [5.41, 5.74) is 3.69. The minimum absolute atomic E-state index is 0.0542. The van der Waals surface area contributed by atoms with Gasteiger partial charge in [-0.05, 0) is 45.9 Å². The zero-order valence-electron chi connectivity index (χ0n) is 16.5. The molecule has 2 atom stereocenters. The molecule has 27 heavy (non-hydrogen) atoms. The van der Waals surface area contributed by atoms with Gasteiger partial charge in [-0.2, -0.15) is 5.10 Å². The Balaban J connectivity index is 1.69. The molecule has 2 heterocycles. The third-order valence-corrected chi connectivity index (χ3v) is 4.99. The summed E-state index contributed by atoms with van der Waals surface area (Å²) in [6.07, 6.45) is 0.324. The number of carbonyl (C=O) groups is 1. The second-order valence-corrected chi connectivity index (χ2v) is 7.33. The maximum atomic E-state index is 14.7. The summed E-state index contributed by atoms with van der Waals surface area (Å²) in [6.45, 7) is 9.07. The number of benzene rings is 1. The van der Waals surface area contributed by atoms with Crippen LogP contribution in [0.2, 0.25) is 0 Å². The van der Waals surface area contributed by atoms with Gasteiger partial charge in [0.1, 0.15) is 5.82 Å². The summed E-state index contributed by atoms with van der Waals surface area (Å²) in [5.74, 6) is -0.530. The molecular formula is C20H27FN4O2. The lowest BCUT2D eigenvalue weighted by atomic mass is 10.1. The number of anilines is 2. The summed E-state index contributed by atoms with van der Waals surface area (Å²) in [5, 5.41) is 7.10. The van der Waals surface area contributed by atoms with E-state index in [4.69, 9.17) is 4.74 Å². The van der Waals surface area contributed by atoms with E-state index in [1.165, 1.54) is 6.07 Å². The molecule has 3 rings (SSSR count). The fourth-order valence-corrected chi connectivity index (χ4v) is 3.65. The van der Waals surface area contributed by atoms with E-state index < -0.39 is 0 Å². The fraction of sp³-hybridized carbons (Fsp3) is 0.500. The molecular weight excluding hydrogens is 347 g/mol. The van der Waals surface area contributed by atoms with Gasteiger partial charge >= 0.3 is 0 Å². The van der Waals surface area contributed by atoms with Crippen LogP contribution in [0.1, 0.15) is 30.8 Å². The van der Waals surface area contributed by atoms with Crippen LogP contribution in [-0.2, 0) is 23.0 Å². The number of nitrogens with zero attached hydrogens (tertiary/aromatic N) is 3. The summed E-state index contributed by atoms with van der Waals surface area (Å²) in [6, 6.07) is 4.83. The van der Waals surface area contributed by atoms with Crippen LogP contribution in [0.15, 0.2) is 18.2 Å². The molecule has 0 radical (unpaired) electrons. The summed E-state index contributed by atoms with van der Waals surface area (Å²) in [7, 11) is 1.85. The quantitative estimate of drug-likeness (QED) is 0.894. The van der Waals surface area contributed by atoms with Crippen molar-refractivity contribution in [3.05, 3.63) is 41.0 Å². The molecule has 1 aromatic heterocycles. The van der Waals surface area contributed by atoms with E-state index in [1.807, 2.05) is 39.6 Å². The van der Waals surface area contributed by atoms with Crippen LogP contribution in [0, 0.1) is 19.7 Å². The van der Waals surface area contributed by atoms with Crippen molar-refractivity contribution in [2.75, 3.05) is 23.3 Å². The maximum Gasteiger partial charge on any atom is 0.228 e. The number of aromatic nitrogens is 2. The molecule has 1 N–H and O–H groups in total. The van der Waals surface area contributed by atoms with Crippen molar-refractivity contribution >= 4 is 17.3 Å². The third-order valence-electron chi connectivity index (χ3n) is 4.99. The van der Waals surface area contributed by atoms with Crippen LogP contribution < -0.4 is 10.2 Å². The molecule has 0 aliphatic carbocycles. The van der Waals surface area contributed by atoms with Gasteiger partial charge in [0.2, 0.25) is 5.91 Å². The van der Waals surface area contributed by atoms with Gasteiger partial charge in [0.15, 0.2) is 0 Å². The highest BCUT2D eigenvalue weighted by Crippen LogP contribution is 2.26. The maximum absolute atomic E-state index is 14.7. The van der Waals surface area contributed by atoms with Crippen LogP contribution in [0.3, 0.4) is 0 Å². The van der Waals surface area contributed by atoms with Crippen molar-refractivity contribution < 1.29 is 13.9 Å². The number of morpholine rings is 1. The van der Waals surface area contributed by atoms with Crippen molar-refractivity contribution in [1.29, 1.82) is 0 Å². The Kier molecular flexibility index (Phi) is 5.51. The number of hydrogen-bond donors (Lipinski definition) is 1. The lowest BCUT2D eigenvalue weighted by Crippen LogP contribution is -2.45. The highest BCUT2D eigenvalue weighted by Gasteiger charge is 2.24. The minimum Gasteiger partial charge on any atom is -0.372 e. The van der Waals surface area contributed by atoms with E-state index >= 15 is 0 Å². The summed E-state index contributed by atoms with van der Waals surface area (Å²) in [4.78, 5) is 14.4. The second kappa shape index (κ2) is 7.68. The van der Waals surface area contributed by atoms with Gasteiger partial charge in [0.25, 0.3) is 0 Å². The Bertz CT molecular complexity index is 839. The molecule has 1 aliphatic heterocycles. The fourth-order valence-electron chi connectivity index (χ4n) is 3.65. The first-order valence-electron chi connectivity index (χ1n) is 9.23. The zero-order chi connectivity index (χ0) is 19.7. The molecule has 1 amide bonds. The van der Waals surface area contributed by atoms with Gasteiger partial charge < -0.3 is 15.0 Å². The van der Waals surface area contributed by atoms with Crippen molar-refractivity contribution in [3.63, 3.8) is 0 Å². The Morgan fingerprint density at radius 3 is 2.52 bits per heavy atom. The number of aryl methyl sites for hydroxylation is 2. The molecule has 0 unspecified atom stereocenters.